The molecule has 7 heteroatoms. The predicted molar refractivity (Wildman–Crippen MR) is 116 cm³/mol. The highest BCUT2D eigenvalue weighted by atomic mass is 79.9. The summed E-state index contributed by atoms with van der Waals surface area (Å²) >= 11 is 6.91. The van der Waals surface area contributed by atoms with E-state index in [0.29, 0.717) is 18.1 Å². The fourth-order valence-corrected chi connectivity index (χ4v) is 3.38. The maximum Gasteiger partial charge on any atom is 0.363 e. The van der Waals surface area contributed by atoms with Crippen LogP contribution in [-0.2, 0) is 9.53 Å². The van der Waals surface area contributed by atoms with Crippen LogP contribution in [0, 0.1) is 0 Å². The normalized spacial score (nSPS) is 15.0. The van der Waals surface area contributed by atoms with Gasteiger partial charge in [-0.3, -0.25) is 0 Å². The van der Waals surface area contributed by atoms with Crippen molar-refractivity contribution in [3.8, 4) is 11.5 Å². The van der Waals surface area contributed by atoms with Gasteiger partial charge in [0.2, 0.25) is 5.90 Å². The quantitative estimate of drug-likeness (QED) is 0.368. The van der Waals surface area contributed by atoms with Gasteiger partial charge in [-0.25, -0.2) is 9.79 Å². The summed E-state index contributed by atoms with van der Waals surface area (Å²) in [5.41, 5.74) is 1.71. The van der Waals surface area contributed by atoms with E-state index >= 15 is 0 Å². The van der Waals surface area contributed by atoms with E-state index in [1.54, 1.807) is 6.08 Å². The van der Waals surface area contributed by atoms with Crippen molar-refractivity contribution in [3.05, 3.63) is 62.2 Å². The number of hydrogen-bond acceptors (Lipinski definition) is 5. The summed E-state index contributed by atoms with van der Waals surface area (Å²) in [6, 6.07) is 11.1. The maximum absolute atomic E-state index is 12.3. The molecule has 0 amide bonds. The lowest BCUT2D eigenvalue weighted by Gasteiger charge is -2.16. The van der Waals surface area contributed by atoms with Gasteiger partial charge in [0.15, 0.2) is 17.2 Å². The molecule has 1 heterocycles. The Bertz CT molecular complexity index is 950. The summed E-state index contributed by atoms with van der Waals surface area (Å²) < 4.78 is 18.5. The molecule has 0 saturated carbocycles. The van der Waals surface area contributed by atoms with Crippen molar-refractivity contribution in [3.63, 3.8) is 0 Å². The fourth-order valence-electron chi connectivity index (χ4n) is 2.57. The lowest BCUT2D eigenvalue weighted by atomic mass is 10.1. The molecule has 0 radical (unpaired) electrons. The molecule has 1 aliphatic heterocycles. The first-order valence-electron chi connectivity index (χ1n) is 8.79. The monoisotopic (exact) mass is 507 g/mol. The number of hydrogen-bond donors (Lipinski definition) is 0. The fraction of sp³-hybridized carbons (Fsp3) is 0.238. The molecule has 0 fully saturated rings. The number of aliphatic imine (C=N–C) groups is 1. The van der Waals surface area contributed by atoms with Crippen molar-refractivity contribution in [1.82, 2.24) is 0 Å². The summed E-state index contributed by atoms with van der Waals surface area (Å²) in [6.45, 7) is 6.30. The molecule has 0 aromatic heterocycles. The molecule has 28 heavy (non-hydrogen) atoms. The Morgan fingerprint density at radius 3 is 2.54 bits per heavy atom. The summed E-state index contributed by atoms with van der Waals surface area (Å²) in [7, 11) is 0. The number of carbonyl (C=O) groups is 1. The van der Waals surface area contributed by atoms with Gasteiger partial charge >= 0.3 is 5.97 Å². The molecule has 3 rings (SSSR count). The zero-order valence-electron chi connectivity index (χ0n) is 15.7. The minimum Gasteiger partial charge on any atom is -0.490 e. The Morgan fingerprint density at radius 1 is 1.18 bits per heavy atom. The smallest absolute Gasteiger partial charge is 0.363 e. The van der Waals surface area contributed by atoms with E-state index in [1.807, 2.05) is 57.2 Å². The molecule has 0 unspecified atom stereocenters. The molecule has 1 aliphatic rings. The molecule has 2 aromatic carbocycles. The second-order valence-electron chi connectivity index (χ2n) is 6.27. The minimum atomic E-state index is -0.491. The Kier molecular flexibility index (Phi) is 6.57. The third kappa shape index (κ3) is 4.83. The third-order valence-electron chi connectivity index (χ3n) is 3.70. The van der Waals surface area contributed by atoms with Crippen molar-refractivity contribution in [2.45, 2.75) is 26.9 Å². The third-order valence-corrected chi connectivity index (χ3v) is 4.82. The van der Waals surface area contributed by atoms with Crippen LogP contribution in [-0.4, -0.2) is 24.6 Å². The number of cyclic esters (lactones) is 1. The highest BCUT2D eigenvalue weighted by Gasteiger charge is 2.24. The van der Waals surface area contributed by atoms with Gasteiger partial charge in [0, 0.05) is 10.0 Å². The van der Waals surface area contributed by atoms with Gasteiger partial charge in [-0.2, -0.15) is 0 Å². The van der Waals surface area contributed by atoms with Crippen LogP contribution >= 0.6 is 31.9 Å². The number of carbonyl (C=O) groups excluding carboxylic acids is 1. The number of ether oxygens (including phenoxy) is 3. The van der Waals surface area contributed by atoms with Crippen LogP contribution in [0.5, 0.6) is 11.5 Å². The number of rotatable bonds is 6. The van der Waals surface area contributed by atoms with E-state index in [1.165, 1.54) is 0 Å². The minimum absolute atomic E-state index is 0.00240. The standard InChI is InChI=1S/C21H19Br2NO4/c1-4-26-18-11-13(9-16(23)19(18)27-12(2)3)10-17-21(25)28-20(24-17)14-5-7-15(22)8-6-14/h5-12H,4H2,1-3H3/b17-10-. The number of benzene rings is 2. The van der Waals surface area contributed by atoms with E-state index < -0.39 is 5.97 Å². The van der Waals surface area contributed by atoms with E-state index in [9.17, 15) is 4.79 Å². The van der Waals surface area contributed by atoms with Crippen molar-refractivity contribution in [2.24, 2.45) is 4.99 Å². The van der Waals surface area contributed by atoms with E-state index in [0.717, 1.165) is 20.1 Å². The lowest BCUT2D eigenvalue weighted by Crippen LogP contribution is -2.08. The zero-order valence-corrected chi connectivity index (χ0v) is 18.8. The largest absolute Gasteiger partial charge is 0.490 e. The highest BCUT2D eigenvalue weighted by Crippen LogP contribution is 2.38. The van der Waals surface area contributed by atoms with Crippen LogP contribution in [0.3, 0.4) is 0 Å². The van der Waals surface area contributed by atoms with Gasteiger partial charge in [-0.05, 0) is 84.7 Å². The Morgan fingerprint density at radius 2 is 1.89 bits per heavy atom. The average molecular weight is 509 g/mol. The van der Waals surface area contributed by atoms with Gasteiger partial charge < -0.3 is 14.2 Å². The molecular formula is C21H19Br2NO4. The lowest BCUT2D eigenvalue weighted by molar-refractivity contribution is -0.129. The SMILES string of the molecule is CCOc1cc(/C=C2\N=C(c3ccc(Br)cc3)OC2=O)cc(Br)c1OC(C)C. The van der Waals surface area contributed by atoms with Crippen LogP contribution in [0.1, 0.15) is 31.9 Å². The summed E-state index contributed by atoms with van der Waals surface area (Å²) in [4.78, 5) is 16.6. The Labute approximate surface area is 180 Å². The maximum atomic E-state index is 12.3. The first-order chi connectivity index (χ1) is 13.4. The van der Waals surface area contributed by atoms with Crippen molar-refractivity contribution >= 4 is 49.8 Å². The van der Waals surface area contributed by atoms with Crippen LogP contribution in [0.2, 0.25) is 0 Å². The molecule has 0 bridgehead atoms. The van der Waals surface area contributed by atoms with Crippen LogP contribution in [0.4, 0.5) is 0 Å². The van der Waals surface area contributed by atoms with Gasteiger partial charge in [0.25, 0.3) is 0 Å². The number of nitrogens with zero attached hydrogens (tertiary/aromatic N) is 1. The van der Waals surface area contributed by atoms with Crippen molar-refractivity contribution in [2.75, 3.05) is 6.61 Å². The van der Waals surface area contributed by atoms with Gasteiger partial charge in [0.05, 0.1) is 17.2 Å². The number of halogens is 2. The molecule has 0 N–H and O–H groups in total. The number of esters is 1. The molecule has 0 atom stereocenters. The van der Waals surface area contributed by atoms with Crippen LogP contribution in [0.15, 0.2) is 56.0 Å². The van der Waals surface area contributed by atoms with Crippen LogP contribution in [0.25, 0.3) is 6.08 Å². The second kappa shape index (κ2) is 8.92. The molecule has 146 valence electrons. The van der Waals surface area contributed by atoms with Gasteiger partial charge in [-0.1, -0.05) is 15.9 Å². The zero-order chi connectivity index (χ0) is 20.3. The molecule has 2 aromatic rings. The van der Waals surface area contributed by atoms with Crippen molar-refractivity contribution < 1.29 is 19.0 Å². The summed E-state index contributed by atoms with van der Waals surface area (Å²) in [6.07, 6.45) is 1.67. The first kappa shape index (κ1) is 20.6. The molecule has 0 spiro atoms. The first-order valence-corrected chi connectivity index (χ1v) is 10.4. The highest BCUT2D eigenvalue weighted by molar-refractivity contribution is 9.10. The molecular weight excluding hydrogens is 490 g/mol. The van der Waals surface area contributed by atoms with Gasteiger partial charge in [0.1, 0.15) is 0 Å². The van der Waals surface area contributed by atoms with E-state index in [4.69, 9.17) is 14.2 Å². The Hall–Kier alpha value is -2.12. The summed E-state index contributed by atoms with van der Waals surface area (Å²) in [5.74, 6) is 1.02. The molecule has 5 nitrogen and oxygen atoms in total. The van der Waals surface area contributed by atoms with E-state index in [2.05, 4.69) is 36.9 Å². The van der Waals surface area contributed by atoms with Crippen molar-refractivity contribution in [1.29, 1.82) is 0 Å². The molecule has 0 saturated heterocycles. The van der Waals surface area contributed by atoms with Crippen LogP contribution < -0.4 is 9.47 Å². The Balaban J connectivity index is 1.95. The van der Waals surface area contributed by atoms with Gasteiger partial charge in [-0.15, -0.1) is 0 Å². The topological polar surface area (TPSA) is 57.1 Å². The average Bonchev–Trinajstić information content (AvgIpc) is 2.99. The molecule has 0 aliphatic carbocycles. The van der Waals surface area contributed by atoms with E-state index in [-0.39, 0.29) is 17.7 Å². The predicted octanol–water partition coefficient (Wildman–Crippen LogP) is 5.74. The summed E-state index contributed by atoms with van der Waals surface area (Å²) in [5, 5.41) is 0. The second-order valence-corrected chi connectivity index (χ2v) is 8.04.